The molecule has 0 aromatic heterocycles. The van der Waals surface area contributed by atoms with Crippen LogP contribution in [-0.2, 0) is 14.3 Å². The Hall–Kier alpha value is -2.40. The van der Waals surface area contributed by atoms with E-state index in [0.29, 0.717) is 13.0 Å². The van der Waals surface area contributed by atoms with Gasteiger partial charge in [0.15, 0.2) is 0 Å². The molecule has 1 N–H and O–H groups in total. The van der Waals surface area contributed by atoms with E-state index in [1.807, 2.05) is 12.1 Å². The van der Waals surface area contributed by atoms with E-state index in [1.54, 1.807) is 17.0 Å². The summed E-state index contributed by atoms with van der Waals surface area (Å²) in [5.41, 5.74) is 5.06. The summed E-state index contributed by atoms with van der Waals surface area (Å²) in [7, 11) is 0. The average Bonchev–Trinajstić information content (AvgIpc) is 3.39. The number of allylic oxidation sites excluding steroid dienone is 2. The maximum atomic E-state index is 13.6. The van der Waals surface area contributed by atoms with Crippen LogP contribution in [0.4, 0.5) is 0 Å². The molecule has 2 saturated heterocycles. The van der Waals surface area contributed by atoms with E-state index < -0.39 is 0 Å². The van der Waals surface area contributed by atoms with Gasteiger partial charge < -0.3 is 9.84 Å². The molecule has 2 aliphatic heterocycles. The third-order valence-corrected chi connectivity index (χ3v) is 8.69. The monoisotopic (exact) mass is 477 g/mol. The molecule has 5 nitrogen and oxygen atoms in total. The number of carbonyl (C=O) groups excluding carboxylic acids is 2. The molecular formula is C30H39NO4. The van der Waals surface area contributed by atoms with Crippen molar-refractivity contribution in [1.82, 2.24) is 4.90 Å². The van der Waals surface area contributed by atoms with Crippen LogP contribution in [0.2, 0.25) is 0 Å². The van der Waals surface area contributed by atoms with Crippen LogP contribution in [0.5, 0.6) is 5.75 Å². The molecule has 35 heavy (non-hydrogen) atoms. The number of carbonyl (C=O) groups is 2. The van der Waals surface area contributed by atoms with Gasteiger partial charge in [0.05, 0.1) is 24.5 Å². The van der Waals surface area contributed by atoms with Crippen molar-refractivity contribution in [3.05, 3.63) is 46.5 Å². The Labute approximate surface area is 209 Å². The molecule has 0 bridgehead atoms. The van der Waals surface area contributed by atoms with Crippen LogP contribution in [0.15, 0.2) is 41.0 Å². The number of phenols is 1. The smallest absolute Gasteiger partial charge is 0.234 e. The predicted octanol–water partition coefficient (Wildman–Crippen LogP) is 6.03. The predicted molar refractivity (Wildman–Crippen MR) is 136 cm³/mol. The largest absolute Gasteiger partial charge is 0.508 e. The molecule has 0 spiro atoms. The summed E-state index contributed by atoms with van der Waals surface area (Å²) in [6.45, 7) is 4.91. The van der Waals surface area contributed by atoms with Crippen LogP contribution in [0.25, 0.3) is 6.08 Å². The van der Waals surface area contributed by atoms with Gasteiger partial charge in [0.25, 0.3) is 0 Å². The lowest BCUT2D eigenvalue weighted by Gasteiger charge is -2.31. The highest BCUT2D eigenvalue weighted by Gasteiger charge is 2.57. The Kier molecular flexibility index (Phi) is 7.15. The van der Waals surface area contributed by atoms with E-state index in [2.05, 4.69) is 19.9 Å². The van der Waals surface area contributed by atoms with Gasteiger partial charge in [-0.3, -0.25) is 14.5 Å². The fourth-order valence-electron chi connectivity index (χ4n) is 7.07. The molecule has 2 aliphatic carbocycles. The van der Waals surface area contributed by atoms with E-state index in [0.717, 1.165) is 56.9 Å². The number of likely N-dealkylation sites (tertiary alicyclic amines) is 1. The molecule has 3 fully saturated rings. The molecule has 4 aliphatic rings. The summed E-state index contributed by atoms with van der Waals surface area (Å²) in [6, 6.07) is 7.45. The number of hydrogen-bond donors (Lipinski definition) is 1. The van der Waals surface area contributed by atoms with Crippen molar-refractivity contribution in [2.75, 3.05) is 6.61 Å². The van der Waals surface area contributed by atoms with Crippen LogP contribution < -0.4 is 0 Å². The molecule has 5 heteroatoms. The zero-order valence-electron chi connectivity index (χ0n) is 21.2. The quantitative estimate of drug-likeness (QED) is 0.385. The second kappa shape index (κ2) is 10.3. The highest BCUT2D eigenvalue weighted by atomic mass is 16.5. The van der Waals surface area contributed by atoms with Gasteiger partial charge in [-0.15, -0.1) is 0 Å². The molecule has 0 radical (unpaired) electrons. The number of nitrogens with zero attached hydrogens (tertiary/aromatic N) is 1. The topological polar surface area (TPSA) is 66.8 Å². The molecule has 1 aromatic carbocycles. The maximum absolute atomic E-state index is 13.6. The minimum atomic E-state index is -0.226. The van der Waals surface area contributed by atoms with Crippen molar-refractivity contribution < 1.29 is 19.4 Å². The number of imide groups is 1. The molecule has 1 aromatic rings. The van der Waals surface area contributed by atoms with Gasteiger partial charge in [0.2, 0.25) is 11.8 Å². The van der Waals surface area contributed by atoms with Gasteiger partial charge in [-0.2, -0.15) is 0 Å². The van der Waals surface area contributed by atoms with E-state index in [-0.39, 0.29) is 47.5 Å². The van der Waals surface area contributed by atoms with Gasteiger partial charge >= 0.3 is 0 Å². The molecule has 0 unspecified atom stereocenters. The molecule has 4 atom stereocenters. The van der Waals surface area contributed by atoms with Gasteiger partial charge in [-0.25, -0.2) is 0 Å². The fraction of sp³-hybridized carbons (Fsp3) is 0.600. The lowest BCUT2D eigenvalue weighted by molar-refractivity contribution is -0.143. The Morgan fingerprint density at radius 3 is 2.51 bits per heavy atom. The van der Waals surface area contributed by atoms with Crippen molar-refractivity contribution in [3.8, 4) is 5.75 Å². The Bertz CT molecular complexity index is 1020. The number of fused-ring (bicyclic) bond motifs is 3. The van der Waals surface area contributed by atoms with Gasteiger partial charge in [0, 0.05) is 12.0 Å². The first kappa shape index (κ1) is 24.3. The second-order valence-electron chi connectivity index (χ2n) is 11.0. The zero-order valence-corrected chi connectivity index (χ0v) is 21.2. The summed E-state index contributed by atoms with van der Waals surface area (Å²) in [5, 5.41) is 9.58. The van der Waals surface area contributed by atoms with Crippen LogP contribution in [-0.4, -0.2) is 40.6 Å². The number of ether oxygens (including phenoxy) is 1. The Morgan fingerprint density at radius 1 is 1.06 bits per heavy atom. The SMILES string of the molecule is CCC/C(=C\c1ccc(O)cc1)CC[C@H]1OC[C@H]2C1=C(C)C[C@H]1C(=O)N(C3CCCCC3)C(=O)[C@H]12. The number of benzene rings is 1. The summed E-state index contributed by atoms with van der Waals surface area (Å²) >= 11 is 0. The molecule has 2 amide bonds. The van der Waals surface area contributed by atoms with Gasteiger partial charge in [0.1, 0.15) is 5.75 Å². The van der Waals surface area contributed by atoms with Crippen LogP contribution >= 0.6 is 0 Å². The van der Waals surface area contributed by atoms with Crippen molar-refractivity contribution in [1.29, 1.82) is 0 Å². The molecular weight excluding hydrogens is 438 g/mol. The summed E-state index contributed by atoms with van der Waals surface area (Å²) in [6.07, 6.45) is 12.3. The molecule has 188 valence electrons. The highest BCUT2D eigenvalue weighted by Crippen LogP contribution is 2.50. The van der Waals surface area contributed by atoms with Crippen LogP contribution in [0.3, 0.4) is 0 Å². The summed E-state index contributed by atoms with van der Waals surface area (Å²) in [4.78, 5) is 28.6. The summed E-state index contributed by atoms with van der Waals surface area (Å²) < 4.78 is 6.34. The third-order valence-electron chi connectivity index (χ3n) is 8.69. The third kappa shape index (κ3) is 4.72. The number of aromatic hydroxyl groups is 1. The molecule has 2 heterocycles. The minimum Gasteiger partial charge on any atom is -0.508 e. The van der Waals surface area contributed by atoms with E-state index in [9.17, 15) is 14.7 Å². The minimum absolute atomic E-state index is 0.0349. The second-order valence-corrected chi connectivity index (χ2v) is 11.0. The van der Waals surface area contributed by atoms with E-state index >= 15 is 0 Å². The maximum Gasteiger partial charge on any atom is 0.234 e. The Balaban J connectivity index is 1.30. The number of rotatable bonds is 7. The van der Waals surface area contributed by atoms with Crippen molar-refractivity contribution in [2.45, 2.75) is 90.2 Å². The summed E-state index contributed by atoms with van der Waals surface area (Å²) in [5.74, 6) is 0.0753. The van der Waals surface area contributed by atoms with Crippen LogP contribution in [0.1, 0.15) is 83.6 Å². The van der Waals surface area contributed by atoms with Gasteiger partial charge in [-0.1, -0.05) is 62.0 Å². The number of phenolic OH excluding ortho intramolecular Hbond substituents is 1. The lowest BCUT2D eigenvalue weighted by Crippen LogP contribution is -2.42. The van der Waals surface area contributed by atoms with Gasteiger partial charge in [-0.05, 0) is 68.7 Å². The number of amides is 2. The van der Waals surface area contributed by atoms with E-state index in [1.165, 1.54) is 23.1 Å². The Morgan fingerprint density at radius 2 is 1.80 bits per heavy atom. The first-order valence-electron chi connectivity index (χ1n) is 13.6. The zero-order chi connectivity index (χ0) is 24.5. The molecule has 5 rings (SSSR count). The molecule has 1 saturated carbocycles. The van der Waals surface area contributed by atoms with Crippen molar-refractivity contribution in [2.24, 2.45) is 17.8 Å². The van der Waals surface area contributed by atoms with Crippen LogP contribution in [0, 0.1) is 17.8 Å². The average molecular weight is 478 g/mol. The van der Waals surface area contributed by atoms with E-state index in [4.69, 9.17) is 4.74 Å². The first-order chi connectivity index (χ1) is 17.0. The van der Waals surface area contributed by atoms with Crippen molar-refractivity contribution in [3.63, 3.8) is 0 Å². The van der Waals surface area contributed by atoms with Crippen molar-refractivity contribution >= 4 is 17.9 Å². The highest BCUT2D eigenvalue weighted by molar-refractivity contribution is 6.06. The lowest BCUT2D eigenvalue weighted by atomic mass is 9.70. The fourth-order valence-corrected chi connectivity index (χ4v) is 7.07. The first-order valence-corrected chi connectivity index (χ1v) is 13.6. The standard InChI is InChI=1S/C30H39NO4/c1-3-7-20(17-21-10-13-23(32)14-11-21)12-15-26-27-19(2)16-24-28(25(27)18-35-26)30(34)31(29(24)33)22-8-5-4-6-9-22/h10-11,13-14,17,22,24-26,28,32H,3-9,12,15-16,18H2,1-2H3/b20-17+/t24-,25+,26-,28-/m1/s1. The normalized spacial score (nSPS) is 29.7. The number of hydrogen-bond acceptors (Lipinski definition) is 4.